The zero-order valence-electron chi connectivity index (χ0n) is 21.8. The Balaban J connectivity index is 1.26. The largest absolute Gasteiger partial charge is 0.489 e. The molecule has 1 atom stereocenters. The molecule has 0 bridgehead atoms. The molecule has 0 spiro atoms. The topological polar surface area (TPSA) is 87.2 Å². The van der Waals surface area contributed by atoms with Crippen LogP contribution in [0, 0.1) is 6.92 Å². The van der Waals surface area contributed by atoms with E-state index in [1.807, 2.05) is 63.2 Å². The number of nitrogens with one attached hydrogen (secondary N) is 1. The summed E-state index contributed by atoms with van der Waals surface area (Å²) in [7, 11) is 0. The van der Waals surface area contributed by atoms with Gasteiger partial charge < -0.3 is 24.8 Å². The summed E-state index contributed by atoms with van der Waals surface area (Å²) >= 11 is 0. The van der Waals surface area contributed by atoms with Crippen molar-refractivity contribution in [3.05, 3.63) is 78.0 Å². The molecule has 4 rings (SSSR count). The molecule has 2 heterocycles. The molecule has 2 N–H and O–H groups in total. The third-order valence-electron chi connectivity index (χ3n) is 6.16. The van der Waals surface area contributed by atoms with Gasteiger partial charge in [0.1, 0.15) is 17.1 Å². The van der Waals surface area contributed by atoms with Gasteiger partial charge in [-0.1, -0.05) is 29.8 Å². The number of rotatable bonds is 10. The highest BCUT2D eigenvalue weighted by molar-refractivity contribution is 5.96. The Morgan fingerprint density at radius 3 is 2.49 bits per heavy atom. The van der Waals surface area contributed by atoms with Crippen LogP contribution in [0.3, 0.4) is 0 Å². The molecule has 3 aromatic rings. The molecule has 1 aromatic heterocycles. The predicted molar refractivity (Wildman–Crippen MR) is 145 cm³/mol. The van der Waals surface area contributed by atoms with E-state index >= 15 is 0 Å². The number of hydrogen-bond acceptors (Lipinski definition) is 7. The highest BCUT2D eigenvalue weighted by atomic mass is 16.5. The number of amides is 1. The molecule has 8 nitrogen and oxygen atoms in total. The van der Waals surface area contributed by atoms with Gasteiger partial charge in [-0.15, -0.1) is 0 Å². The van der Waals surface area contributed by atoms with Gasteiger partial charge >= 0.3 is 0 Å². The summed E-state index contributed by atoms with van der Waals surface area (Å²) in [6, 6.07) is 19.0. The molecule has 196 valence electrons. The summed E-state index contributed by atoms with van der Waals surface area (Å²) in [4.78, 5) is 21.6. The van der Waals surface area contributed by atoms with E-state index in [-0.39, 0.29) is 24.4 Å². The van der Waals surface area contributed by atoms with Crippen LogP contribution in [-0.2, 0) is 0 Å². The monoisotopic (exact) mass is 504 g/mol. The van der Waals surface area contributed by atoms with Crippen LogP contribution >= 0.6 is 0 Å². The summed E-state index contributed by atoms with van der Waals surface area (Å²) in [6.45, 7) is 10.00. The number of para-hydroxylation sites is 2. The number of benzene rings is 2. The molecule has 1 aliphatic rings. The first kappa shape index (κ1) is 26.4. The molecular weight excluding hydrogens is 468 g/mol. The van der Waals surface area contributed by atoms with Crippen molar-refractivity contribution < 1.29 is 19.4 Å². The van der Waals surface area contributed by atoms with Gasteiger partial charge in [-0.05, 0) is 57.2 Å². The highest BCUT2D eigenvalue weighted by Crippen LogP contribution is 2.29. The Labute approximate surface area is 218 Å². The molecule has 1 saturated heterocycles. The smallest absolute Gasteiger partial charge is 0.256 e. The van der Waals surface area contributed by atoms with Gasteiger partial charge in [0.05, 0.1) is 17.9 Å². The molecule has 2 aromatic carbocycles. The zero-order valence-corrected chi connectivity index (χ0v) is 21.8. The van der Waals surface area contributed by atoms with Crippen LogP contribution < -0.4 is 19.7 Å². The number of pyridine rings is 1. The molecule has 0 saturated carbocycles. The van der Waals surface area contributed by atoms with Crippen molar-refractivity contribution in [1.82, 2.24) is 15.2 Å². The quantitative estimate of drug-likeness (QED) is 0.433. The number of carbonyl (C=O) groups is 1. The number of ether oxygens (including phenoxy) is 2. The SMILES string of the molecule is Cc1ccc(Oc2ncccc2C(=O)NCC(O)CN2CCN(c3ccccc3OC(C)C)CC2)cc1. The molecule has 0 aliphatic carbocycles. The first-order chi connectivity index (χ1) is 17.9. The number of hydrogen-bond donors (Lipinski definition) is 2. The van der Waals surface area contributed by atoms with Gasteiger partial charge in [0.2, 0.25) is 5.88 Å². The summed E-state index contributed by atoms with van der Waals surface area (Å²) in [5.41, 5.74) is 2.54. The van der Waals surface area contributed by atoms with Crippen molar-refractivity contribution in [1.29, 1.82) is 0 Å². The third kappa shape index (κ3) is 7.44. The van der Waals surface area contributed by atoms with Gasteiger partial charge in [-0.25, -0.2) is 4.98 Å². The normalized spacial score (nSPS) is 14.9. The first-order valence-electron chi connectivity index (χ1n) is 12.8. The van der Waals surface area contributed by atoms with Crippen LogP contribution in [0.5, 0.6) is 17.4 Å². The lowest BCUT2D eigenvalue weighted by atomic mass is 10.2. The Bertz CT molecular complexity index is 1160. The van der Waals surface area contributed by atoms with Crippen LogP contribution in [-0.4, -0.2) is 72.4 Å². The molecular formula is C29H36N4O4. The zero-order chi connectivity index (χ0) is 26.2. The molecule has 37 heavy (non-hydrogen) atoms. The minimum Gasteiger partial charge on any atom is -0.489 e. The molecule has 1 amide bonds. The fourth-order valence-electron chi connectivity index (χ4n) is 4.27. The number of anilines is 1. The Kier molecular flexibility index (Phi) is 8.98. The van der Waals surface area contributed by atoms with E-state index in [9.17, 15) is 9.90 Å². The van der Waals surface area contributed by atoms with E-state index in [2.05, 4.69) is 26.2 Å². The lowest BCUT2D eigenvalue weighted by Gasteiger charge is -2.37. The van der Waals surface area contributed by atoms with Gasteiger partial charge in [-0.2, -0.15) is 0 Å². The van der Waals surface area contributed by atoms with Gasteiger partial charge in [0, 0.05) is 45.5 Å². The second-order valence-electron chi connectivity index (χ2n) is 9.56. The van der Waals surface area contributed by atoms with E-state index in [4.69, 9.17) is 9.47 Å². The molecule has 1 aliphatic heterocycles. The Morgan fingerprint density at radius 1 is 1.03 bits per heavy atom. The maximum absolute atomic E-state index is 12.8. The number of aromatic nitrogens is 1. The summed E-state index contributed by atoms with van der Waals surface area (Å²) in [6.07, 6.45) is 1.01. The number of aliphatic hydroxyl groups excluding tert-OH is 1. The van der Waals surface area contributed by atoms with Crippen LogP contribution in [0.2, 0.25) is 0 Å². The standard InChI is InChI=1S/C29H36N4O4/c1-21(2)36-27-9-5-4-8-26(27)33-17-15-32(16-18-33)20-23(34)19-31-28(35)25-7-6-14-30-29(25)37-24-12-10-22(3)11-13-24/h4-14,21,23,34H,15-20H2,1-3H3,(H,31,35). The lowest BCUT2D eigenvalue weighted by molar-refractivity contribution is 0.0849. The van der Waals surface area contributed by atoms with E-state index in [0.29, 0.717) is 17.9 Å². The highest BCUT2D eigenvalue weighted by Gasteiger charge is 2.22. The van der Waals surface area contributed by atoms with Crippen molar-refractivity contribution in [3.63, 3.8) is 0 Å². The predicted octanol–water partition coefficient (Wildman–Crippen LogP) is 3.88. The summed E-state index contributed by atoms with van der Waals surface area (Å²) in [5, 5.41) is 13.4. The maximum Gasteiger partial charge on any atom is 0.256 e. The van der Waals surface area contributed by atoms with Crippen molar-refractivity contribution in [2.45, 2.75) is 33.0 Å². The molecule has 8 heteroatoms. The van der Waals surface area contributed by atoms with E-state index in [1.54, 1.807) is 18.3 Å². The van der Waals surface area contributed by atoms with Crippen LogP contribution in [0.15, 0.2) is 66.9 Å². The second-order valence-corrected chi connectivity index (χ2v) is 9.56. The van der Waals surface area contributed by atoms with Gasteiger partial charge in [-0.3, -0.25) is 9.69 Å². The molecule has 1 unspecified atom stereocenters. The average Bonchev–Trinajstić information content (AvgIpc) is 2.89. The summed E-state index contributed by atoms with van der Waals surface area (Å²) < 4.78 is 11.8. The van der Waals surface area contributed by atoms with E-state index in [1.165, 1.54) is 0 Å². The third-order valence-corrected chi connectivity index (χ3v) is 6.16. The van der Waals surface area contributed by atoms with E-state index in [0.717, 1.165) is 43.2 Å². The fourth-order valence-corrected chi connectivity index (χ4v) is 4.27. The van der Waals surface area contributed by atoms with Crippen LogP contribution in [0.1, 0.15) is 29.8 Å². The Hall–Kier alpha value is -3.62. The average molecular weight is 505 g/mol. The van der Waals surface area contributed by atoms with E-state index < -0.39 is 6.10 Å². The maximum atomic E-state index is 12.8. The van der Waals surface area contributed by atoms with Gasteiger partial charge in [0.15, 0.2) is 0 Å². The van der Waals surface area contributed by atoms with Crippen molar-refractivity contribution in [3.8, 4) is 17.4 Å². The fraction of sp³-hybridized carbons (Fsp3) is 0.379. The number of carbonyl (C=O) groups excluding carboxylic acids is 1. The number of aliphatic hydroxyl groups is 1. The van der Waals surface area contributed by atoms with Crippen molar-refractivity contribution >= 4 is 11.6 Å². The second kappa shape index (κ2) is 12.6. The Morgan fingerprint density at radius 2 is 1.76 bits per heavy atom. The number of aryl methyl sites for hydroxylation is 1. The minimum atomic E-state index is -0.690. The summed E-state index contributed by atoms with van der Waals surface area (Å²) in [5.74, 6) is 1.41. The van der Waals surface area contributed by atoms with Crippen LogP contribution in [0.4, 0.5) is 5.69 Å². The van der Waals surface area contributed by atoms with Crippen molar-refractivity contribution in [2.24, 2.45) is 0 Å². The number of β-amino-alcohol motifs (C(OH)–C–C–N with tert-alkyl or cyclic N) is 1. The molecule has 0 radical (unpaired) electrons. The van der Waals surface area contributed by atoms with Crippen LogP contribution in [0.25, 0.3) is 0 Å². The minimum absolute atomic E-state index is 0.115. The van der Waals surface area contributed by atoms with Gasteiger partial charge in [0.25, 0.3) is 5.91 Å². The van der Waals surface area contributed by atoms with Crippen molar-refractivity contribution in [2.75, 3.05) is 44.2 Å². The number of nitrogens with zero attached hydrogens (tertiary/aromatic N) is 3. The lowest BCUT2D eigenvalue weighted by Crippen LogP contribution is -2.50. The first-order valence-corrected chi connectivity index (χ1v) is 12.8. The molecule has 1 fully saturated rings. The number of piperazine rings is 1.